The normalized spacial score (nSPS) is 13.4. The van der Waals surface area contributed by atoms with Crippen molar-refractivity contribution in [1.29, 1.82) is 0 Å². The number of H-pyrrole nitrogens is 1. The van der Waals surface area contributed by atoms with Gasteiger partial charge in [-0.2, -0.15) is 0 Å². The molecule has 0 saturated heterocycles. The highest BCUT2D eigenvalue weighted by atomic mass is 32.2. The van der Waals surface area contributed by atoms with E-state index in [2.05, 4.69) is 19.9 Å². The summed E-state index contributed by atoms with van der Waals surface area (Å²) in [6.45, 7) is 3.25. The van der Waals surface area contributed by atoms with Crippen molar-refractivity contribution in [1.82, 2.24) is 19.9 Å². The predicted octanol–water partition coefficient (Wildman–Crippen LogP) is 2.78. The number of aromatic amines is 1. The summed E-state index contributed by atoms with van der Waals surface area (Å²) in [6, 6.07) is 4.91. The van der Waals surface area contributed by atoms with Gasteiger partial charge in [-0.1, -0.05) is 23.9 Å². The van der Waals surface area contributed by atoms with E-state index >= 15 is 0 Å². The van der Waals surface area contributed by atoms with E-state index in [-0.39, 0.29) is 18.1 Å². The smallest absolute Gasteiger partial charge is 0.224 e. The quantitative estimate of drug-likeness (QED) is 0.765. The minimum absolute atomic E-state index is 0.0935. The van der Waals surface area contributed by atoms with E-state index in [1.54, 1.807) is 17.8 Å². The number of hydrogen-bond donors (Lipinski definition) is 2. The van der Waals surface area contributed by atoms with E-state index in [0.29, 0.717) is 12.1 Å². The average molecular weight is 344 g/mol. The molecule has 124 valence electrons. The first kappa shape index (κ1) is 15.3. The molecule has 0 radical (unpaired) electrons. The molecule has 1 amide bonds. The number of fused-ring (bicyclic) bond motifs is 2. The number of benzene rings is 1. The number of carbonyl (C=O) groups is 1. The molecule has 0 aliphatic carbocycles. The third-order valence-corrected chi connectivity index (χ3v) is 5.23. The Morgan fingerprint density at radius 1 is 1.50 bits per heavy atom. The second-order valence-electron chi connectivity index (χ2n) is 5.90. The zero-order valence-electron chi connectivity index (χ0n) is 13.2. The summed E-state index contributed by atoms with van der Waals surface area (Å²) in [5.74, 6) is 0.669. The molecule has 0 spiro atoms. The van der Waals surface area contributed by atoms with E-state index < -0.39 is 0 Å². The van der Waals surface area contributed by atoms with Crippen molar-refractivity contribution in [3.8, 4) is 0 Å². The van der Waals surface area contributed by atoms with E-state index in [4.69, 9.17) is 0 Å². The van der Waals surface area contributed by atoms with E-state index in [1.807, 2.05) is 19.2 Å². The van der Waals surface area contributed by atoms with E-state index in [1.165, 1.54) is 6.07 Å². The van der Waals surface area contributed by atoms with Gasteiger partial charge in [0.1, 0.15) is 5.82 Å². The number of imidazole rings is 1. The monoisotopic (exact) mass is 344 g/mol. The van der Waals surface area contributed by atoms with Gasteiger partial charge < -0.3 is 14.9 Å². The minimum atomic E-state index is -0.299. The number of nitrogens with zero attached hydrogens (tertiary/aromatic N) is 2. The van der Waals surface area contributed by atoms with E-state index in [9.17, 15) is 9.18 Å². The molecule has 0 fully saturated rings. The average Bonchev–Trinajstić information content (AvgIpc) is 3.21. The van der Waals surface area contributed by atoms with Gasteiger partial charge in [0, 0.05) is 29.6 Å². The van der Waals surface area contributed by atoms with Crippen LogP contribution < -0.4 is 5.32 Å². The molecule has 1 aliphatic rings. The zero-order valence-corrected chi connectivity index (χ0v) is 14.0. The molecule has 3 aromatic rings. The molecule has 4 rings (SSSR count). The Balaban J connectivity index is 1.46. The molecule has 1 aliphatic heterocycles. The molecule has 3 heterocycles. The number of hydrogen-bond acceptors (Lipinski definition) is 3. The van der Waals surface area contributed by atoms with Gasteiger partial charge in [0.05, 0.1) is 24.2 Å². The molecule has 2 N–H and O–H groups in total. The van der Waals surface area contributed by atoms with Gasteiger partial charge in [-0.3, -0.25) is 4.79 Å². The fourth-order valence-corrected chi connectivity index (χ4v) is 4.02. The number of thioether (sulfide) groups is 1. The Morgan fingerprint density at radius 2 is 2.38 bits per heavy atom. The van der Waals surface area contributed by atoms with Gasteiger partial charge in [-0.15, -0.1) is 0 Å². The lowest BCUT2D eigenvalue weighted by Gasteiger charge is -2.04. The van der Waals surface area contributed by atoms with Crippen LogP contribution in [-0.2, 0) is 24.3 Å². The van der Waals surface area contributed by atoms with Crippen molar-refractivity contribution >= 4 is 28.6 Å². The zero-order chi connectivity index (χ0) is 16.7. The van der Waals surface area contributed by atoms with Crippen molar-refractivity contribution in [2.24, 2.45) is 0 Å². The van der Waals surface area contributed by atoms with Crippen LogP contribution in [0.2, 0.25) is 0 Å². The second kappa shape index (κ2) is 5.98. The molecule has 5 nitrogen and oxygen atoms in total. The summed E-state index contributed by atoms with van der Waals surface area (Å²) < 4.78 is 15.9. The fourth-order valence-electron chi connectivity index (χ4n) is 3.05. The highest BCUT2D eigenvalue weighted by molar-refractivity contribution is 7.99. The number of carbonyl (C=O) groups excluding carboxylic acids is 1. The van der Waals surface area contributed by atoms with Gasteiger partial charge in [0.25, 0.3) is 0 Å². The van der Waals surface area contributed by atoms with Crippen LogP contribution in [0.3, 0.4) is 0 Å². The summed E-state index contributed by atoms with van der Waals surface area (Å²) in [5, 5.41) is 4.68. The van der Waals surface area contributed by atoms with Crippen molar-refractivity contribution in [3.63, 3.8) is 0 Å². The number of rotatable bonds is 4. The van der Waals surface area contributed by atoms with Crippen LogP contribution in [0, 0.1) is 12.7 Å². The maximum atomic E-state index is 13.8. The minimum Gasteiger partial charge on any atom is -0.356 e. The van der Waals surface area contributed by atoms with Crippen LogP contribution in [0.5, 0.6) is 0 Å². The standard InChI is InChI=1S/C17H17FN4OS/c1-10-13(12-3-2-4-14(18)16(12)20-10)7-15(23)19-8-11-9-22-5-6-24-17(22)21-11/h2-4,9,20H,5-8H2,1H3,(H,19,23). The van der Waals surface area contributed by atoms with Crippen molar-refractivity contribution in [2.75, 3.05) is 5.75 Å². The maximum absolute atomic E-state index is 13.8. The van der Waals surface area contributed by atoms with Crippen LogP contribution in [-0.4, -0.2) is 26.2 Å². The molecule has 0 bridgehead atoms. The molecule has 0 saturated carbocycles. The Hall–Kier alpha value is -2.28. The molecule has 7 heteroatoms. The van der Waals surface area contributed by atoms with Crippen LogP contribution in [0.1, 0.15) is 17.0 Å². The first-order valence-electron chi connectivity index (χ1n) is 7.83. The Labute approximate surface area is 142 Å². The summed E-state index contributed by atoms with van der Waals surface area (Å²) in [7, 11) is 0. The van der Waals surface area contributed by atoms with E-state index in [0.717, 1.165) is 39.8 Å². The predicted molar refractivity (Wildman–Crippen MR) is 91.5 cm³/mol. The topological polar surface area (TPSA) is 62.7 Å². The first-order valence-corrected chi connectivity index (χ1v) is 8.81. The molecule has 1 aromatic carbocycles. The largest absolute Gasteiger partial charge is 0.356 e. The van der Waals surface area contributed by atoms with Crippen LogP contribution >= 0.6 is 11.8 Å². The van der Waals surface area contributed by atoms with Crippen LogP contribution in [0.25, 0.3) is 10.9 Å². The third-order valence-electron chi connectivity index (χ3n) is 4.26. The molecule has 24 heavy (non-hydrogen) atoms. The number of para-hydroxylation sites is 1. The number of nitrogens with one attached hydrogen (secondary N) is 2. The lowest BCUT2D eigenvalue weighted by molar-refractivity contribution is -0.120. The Kier molecular flexibility index (Phi) is 3.80. The molecule has 0 unspecified atom stereocenters. The third kappa shape index (κ3) is 2.69. The van der Waals surface area contributed by atoms with Crippen molar-refractivity contribution in [2.45, 2.75) is 31.6 Å². The lowest BCUT2D eigenvalue weighted by atomic mass is 10.1. The second-order valence-corrected chi connectivity index (χ2v) is 6.96. The molecule has 2 aromatic heterocycles. The molecule has 0 atom stereocenters. The summed E-state index contributed by atoms with van der Waals surface area (Å²) >= 11 is 1.73. The van der Waals surface area contributed by atoms with Gasteiger partial charge in [-0.05, 0) is 18.6 Å². The van der Waals surface area contributed by atoms with Crippen molar-refractivity contribution in [3.05, 3.63) is 47.2 Å². The first-order chi connectivity index (χ1) is 11.6. The highest BCUT2D eigenvalue weighted by Crippen LogP contribution is 2.25. The van der Waals surface area contributed by atoms with Crippen molar-refractivity contribution < 1.29 is 9.18 Å². The Bertz CT molecular complexity index is 909. The summed E-state index contributed by atoms with van der Waals surface area (Å²) in [6.07, 6.45) is 2.21. The van der Waals surface area contributed by atoms with Gasteiger partial charge in [0.15, 0.2) is 5.16 Å². The summed E-state index contributed by atoms with van der Waals surface area (Å²) in [5.41, 5.74) is 2.99. The number of aryl methyl sites for hydroxylation is 2. The van der Waals surface area contributed by atoms with Gasteiger partial charge in [0.2, 0.25) is 5.91 Å². The lowest BCUT2D eigenvalue weighted by Crippen LogP contribution is -2.25. The van der Waals surface area contributed by atoms with Crippen LogP contribution in [0.4, 0.5) is 4.39 Å². The fraction of sp³-hybridized carbons (Fsp3) is 0.294. The molecular formula is C17H17FN4OS. The SMILES string of the molecule is Cc1[nH]c2c(F)cccc2c1CC(=O)NCc1cn2c(n1)SCC2. The Morgan fingerprint density at radius 3 is 3.21 bits per heavy atom. The summed E-state index contributed by atoms with van der Waals surface area (Å²) in [4.78, 5) is 19.8. The molecular weight excluding hydrogens is 327 g/mol. The van der Waals surface area contributed by atoms with Gasteiger partial charge in [-0.25, -0.2) is 9.37 Å². The maximum Gasteiger partial charge on any atom is 0.224 e. The number of aromatic nitrogens is 3. The number of halogens is 1. The highest BCUT2D eigenvalue weighted by Gasteiger charge is 2.16. The van der Waals surface area contributed by atoms with Crippen LogP contribution in [0.15, 0.2) is 29.6 Å². The van der Waals surface area contributed by atoms with Gasteiger partial charge >= 0.3 is 0 Å². The number of amides is 1.